The maximum Gasteiger partial charge on any atom is 0.256 e. The Morgan fingerprint density at radius 3 is 2.88 bits per heavy atom. The number of pyridine rings is 1. The average Bonchev–Trinajstić information content (AvgIpc) is 2.57. The zero-order valence-corrected chi connectivity index (χ0v) is 15.4. The van der Waals surface area contributed by atoms with Gasteiger partial charge in [-0.2, -0.15) is 0 Å². The molecular weight excluding hydrogens is 304 g/mol. The van der Waals surface area contributed by atoms with Gasteiger partial charge in [0.25, 0.3) is 5.91 Å². The van der Waals surface area contributed by atoms with Crippen LogP contribution >= 0.6 is 0 Å². The molecule has 1 fully saturated rings. The highest BCUT2D eigenvalue weighted by atomic mass is 16.5. The van der Waals surface area contributed by atoms with E-state index in [-0.39, 0.29) is 5.91 Å². The van der Waals surface area contributed by atoms with Crippen LogP contribution in [0, 0.1) is 12.8 Å². The van der Waals surface area contributed by atoms with Crippen LogP contribution in [0.4, 0.5) is 5.69 Å². The number of carbonyl (C=O) groups excluding carboxylic acids is 1. The van der Waals surface area contributed by atoms with E-state index < -0.39 is 5.60 Å². The van der Waals surface area contributed by atoms with Crippen molar-refractivity contribution in [3.8, 4) is 5.88 Å². The van der Waals surface area contributed by atoms with Crippen molar-refractivity contribution < 1.29 is 14.3 Å². The summed E-state index contributed by atoms with van der Waals surface area (Å²) in [6, 6.07) is 3.67. The maximum absolute atomic E-state index is 12.8. The second kappa shape index (κ2) is 8.47. The number of nitrogens with one attached hydrogen (secondary N) is 1. The molecule has 5 nitrogen and oxygen atoms in total. The third-order valence-electron chi connectivity index (χ3n) is 4.82. The van der Waals surface area contributed by atoms with Crippen LogP contribution in [0.15, 0.2) is 12.1 Å². The predicted molar refractivity (Wildman–Crippen MR) is 95.4 cm³/mol. The molecule has 1 aliphatic rings. The molecule has 2 atom stereocenters. The monoisotopic (exact) mass is 334 g/mol. The summed E-state index contributed by atoms with van der Waals surface area (Å²) in [5, 5.41) is 3.00. The lowest BCUT2D eigenvalue weighted by atomic mass is 9.78. The molecule has 1 aromatic heterocycles. The van der Waals surface area contributed by atoms with Gasteiger partial charge in [-0.3, -0.25) is 4.79 Å². The van der Waals surface area contributed by atoms with Gasteiger partial charge in [-0.25, -0.2) is 4.98 Å². The summed E-state index contributed by atoms with van der Waals surface area (Å²) in [7, 11) is 1.63. The van der Waals surface area contributed by atoms with E-state index in [0.29, 0.717) is 18.4 Å². The van der Waals surface area contributed by atoms with Crippen molar-refractivity contribution in [2.45, 2.75) is 64.9 Å². The summed E-state index contributed by atoms with van der Waals surface area (Å²) >= 11 is 0. The normalized spacial score (nSPS) is 23.8. The van der Waals surface area contributed by atoms with Crippen LogP contribution < -0.4 is 10.1 Å². The topological polar surface area (TPSA) is 60.5 Å². The SMILES string of the molecule is CCCCOc1ccc(NC(=O)[C@]2(OC)CCC[C@@H](C)C2)c(C)n1. The molecular formula is C19H30N2O3. The van der Waals surface area contributed by atoms with Gasteiger partial charge in [-0.05, 0) is 44.6 Å². The Hall–Kier alpha value is -1.62. The van der Waals surface area contributed by atoms with Crippen molar-refractivity contribution in [1.82, 2.24) is 4.98 Å². The fraction of sp³-hybridized carbons (Fsp3) is 0.684. The molecule has 24 heavy (non-hydrogen) atoms. The average molecular weight is 334 g/mol. The summed E-state index contributed by atoms with van der Waals surface area (Å²) in [6.07, 6.45) is 5.80. The minimum Gasteiger partial charge on any atom is -0.478 e. The van der Waals surface area contributed by atoms with Crippen LogP contribution in [-0.2, 0) is 9.53 Å². The molecule has 0 aromatic carbocycles. The second-order valence-corrected chi connectivity index (χ2v) is 6.84. The molecule has 0 unspecified atom stereocenters. The molecule has 1 N–H and O–H groups in total. The Balaban J connectivity index is 2.05. The predicted octanol–water partition coefficient (Wildman–Crippen LogP) is 4.10. The number of hydrogen-bond donors (Lipinski definition) is 1. The lowest BCUT2D eigenvalue weighted by molar-refractivity contribution is -0.143. The number of unbranched alkanes of at least 4 members (excludes halogenated alkanes) is 1. The van der Waals surface area contributed by atoms with Crippen LogP contribution in [0.1, 0.15) is 58.1 Å². The van der Waals surface area contributed by atoms with E-state index in [2.05, 4.69) is 24.1 Å². The van der Waals surface area contributed by atoms with Gasteiger partial charge < -0.3 is 14.8 Å². The number of aryl methyl sites for hydroxylation is 1. The van der Waals surface area contributed by atoms with E-state index >= 15 is 0 Å². The number of ether oxygens (including phenoxy) is 2. The summed E-state index contributed by atoms with van der Waals surface area (Å²) in [5.74, 6) is 1.03. The maximum atomic E-state index is 12.8. The Bertz CT molecular complexity index is 562. The molecule has 0 spiro atoms. The second-order valence-electron chi connectivity index (χ2n) is 6.84. The number of nitrogens with zero attached hydrogens (tertiary/aromatic N) is 1. The smallest absolute Gasteiger partial charge is 0.256 e. The number of hydrogen-bond acceptors (Lipinski definition) is 4. The molecule has 1 aliphatic carbocycles. The molecule has 2 rings (SSSR count). The van der Waals surface area contributed by atoms with E-state index in [9.17, 15) is 4.79 Å². The van der Waals surface area contributed by atoms with E-state index in [0.717, 1.165) is 49.9 Å². The van der Waals surface area contributed by atoms with Gasteiger partial charge in [-0.1, -0.05) is 26.7 Å². The first-order valence-corrected chi connectivity index (χ1v) is 8.98. The van der Waals surface area contributed by atoms with Gasteiger partial charge in [0, 0.05) is 13.2 Å². The highest BCUT2D eigenvalue weighted by Crippen LogP contribution is 2.36. The van der Waals surface area contributed by atoms with Crippen molar-refractivity contribution in [2.75, 3.05) is 19.0 Å². The standard InChI is InChI=1S/C19H30N2O3/c1-5-6-12-24-17-10-9-16(15(3)20-17)21-18(22)19(23-4)11-7-8-14(2)13-19/h9-10,14H,5-8,11-13H2,1-4H3,(H,21,22)/t14-,19+/m1/s1. The molecule has 1 heterocycles. The lowest BCUT2D eigenvalue weighted by Crippen LogP contribution is -2.48. The number of methoxy groups -OCH3 is 1. The van der Waals surface area contributed by atoms with E-state index in [1.807, 2.05) is 13.0 Å². The van der Waals surface area contributed by atoms with Gasteiger partial charge >= 0.3 is 0 Å². The van der Waals surface area contributed by atoms with Gasteiger partial charge in [-0.15, -0.1) is 0 Å². The Morgan fingerprint density at radius 2 is 2.25 bits per heavy atom. The Morgan fingerprint density at radius 1 is 1.46 bits per heavy atom. The highest BCUT2D eigenvalue weighted by Gasteiger charge is 2.42. The van der Waals surface area contributed by atoms with E-state index in [4.69, 9.17) is 9.47 Å². The quantitative estimate of drug-likeness (QED) is 0.763. The Kier molecular flexibility index (Phi) is 6.60. The fourth-order valence-corrected chi connectivity index (χ4v) is 3.30. The van der Waals surface area contributed by atoms with Gasteiger partial charge in [0.05, 0.1) is 18.0 Å². The van der Waals surface area contributed by atoms with Crippen molar-refractivity contribution >= 4 is 11.6 Å². The Labute approximate surface area is 145 Å². The molecule has 134 valence electrons. The number of amides is 1. The van der Waals surface area contributed by atoms with Crippen molar-refractivity contribution in [2.24, 2.45) is 5.92 Å². The first-order valence-electron chi connectivity index (χ1n) is 8.98. The van der Waals surface area contributed by atoms with Crippen LogP contribution in [0.25, 0.3) is 0 Å². The summed E-state index contributed by atoms with van der Waals surface area (Å²) < 4.78 is 11.3. The molecule has 0 aliphatic heterocycles. The van der Waals surface area contributed by atoms with Crippen molar-refractivity contribution in [3.05, 3.63) is 17.8 Å². The number of carbonyl (C=O) groups is 1. The fourth-order valence-electron chi connectivity index (χ4n) is 3.30. The minimum absolute atomic E-state index is 0.0684. The lowest BCUT2D eigenvalue weighted by Gasteiger charge is -2.37. The van der Waals surface area contributed by atoms with Crippen LogP contribution in [0.2, 0.25) is 0 Å². The third-order valence-corrected chi connectivity index (χ3v) is 4.82. The molecule has 1 amide bonds. The number of aromatic nitrogens is 1. The third kappa shape index (κ3) is 4.47. The molecule has 0 radical (unpaired) electrons. The van der Waals surface area contributed by atoms with E-state index in [1.54, 1.807) is 13.2 Å². The molecule has 1 saturated carbocycles. The zero-order chi connectivity index (χ0) is 17.6. The molecule has 0 bridgehead atoms. The van der Waals surface area contributed by atoms with E-state index in [1.165, 1.54) is 0 Å². The highest BCUT2D eigenvalue weighted by molar-refractivity contribution is 5.97. The van der Waals surface area contributed by atoms with Crippen molar-refractivity contribution in [1.29, 1.82) is 0 Å². The van der Waals surface area contributed by atoms with Crippen molar-refractivity contribution in [3.63, 3.8) is 0 Å². The first-order chi connectivity index (χ1) is 11.5. The van der Waals surface area contributed by atoms with Crippen LogP contribution in [0.3, 0.4) is 0 Å². The molecule has 0 saturated heterocycles. The summed E-state index contributed by atoms with van der Waals surface area (Å²) in [5.41, 5.74) is 0.755. The number of rotatable bonds is 7. The van der Waals surface area contributed by atoms with Gasteiger partial charge in [0.15, 0.2) is 0 Å². The van der Waals surface area contributed by atoms with Crippen LogP contribution in [0.5, 0.6) is 5.88 Å². The molecule has 1 aromatic rings. The zero-order valence-electron chi connectivity index (χ0n) is 15.4. The number of anilines is 1. The largest absolute Gasteiger partial charge is 0.478 e. The van der Waals surface area contributed by atoms with Crippen LogP contribution in [-0.4, -0.2) is 30.2 Å². The molecule has 5 heteroatoms. The summed E-state index contributed by atoms with van der Waals surface area (Å²) in [4.78, 5) is 17.2. The minimum atomic E-state index is -0.722. The van der Waals surface area contributed by atoms with Gasteiger partial charge in [0.2, 0.25) is 5.88 Å². The first kappa shape index (κ1) is 18.7. The van der Waals surface area contributed by atoms with Gasteiger partial charge in [0.1, 0.15) is 5.60 Å². The summed E-state index contributed by atoms with van der Waals surface area (Å²) in [6.45, 7) is 6.85.